The third-order valence-electron chi connectivity index (χ3n) is 3.26. The average Bonchev–Trinajstić information content (AvgIpc) is 2.94. The van der Waals surface area contributed by atoms with Crippen LogP contribution in [0, 0.1) is 11.3 Å². The Bertz CT molecular complexity index is 518. The fourth-order valence-corrected chi connectivity index (χ4v) is 2.38. The van der Waals surface area contributed by atoms with E-state index in [-0.39, 0.29) is 11.9 Å². The van der Waals surface area contributed by atoms with Crippen molar-refractivity contribution in [3.63, 3.8) is 0 Å². The largest absolute Gasteiger partial charge is 0.373 e. The molecule has 0 spiro atoms. The van der Waals surface area contributed by atoms with E-state index in [4.69, 9.17) is 16.9 Å². The first-order chi connectivity index (χ1) is 9.11. The number of nitriles is 1. The Morgan fingerprint density at radius 2 is 2.16 bits per heavy atom. The highest BCUT2D eigenvalue weighted by atomic mass is 35.5. The van der Waals surface area contributed by atoms with Crippen molar-refractivity contribution >= 4 is 23.2 Å². The zero-order valence-corrected chi connectivity index (χ0v) is 11.6. The quantitative estimate of drug-likeness (QED) is 0.924. The lowest BCUT2D eigenvalue weighted by molar-refractivity contribution is -0.130. The summed E-state index contributed by atoms with van der Waals surface area (Å²) >= 11 is 6.06. The summed E-state index contributed by atoms with van der Waals surface area (Å²) in [4.78, 5) is 14.0. The monoisotopic (exact) mass is 277 g/mol. The van der Waals surface area contributed by atoms with Crippen molar-refractivity contribution in [2.75, 3.05) is 18.4 Å². The van der Waals surface area contributed by atoms with Gasteiger partial charge in [0.25, 0.3) is 0 Å². The molecule has 1 heterocycles. The molecular weight excluding hydrogens is 262 g/mol. The van der Waals surface area contributed by atoms with Crippen LogP contribution in [0.3, 0.4) is 0 Å². The Kier molecular flexibility index (Phi) is 4.28. The molecule has 1 aliphatic heterocycles. The second-order valence-electron chi connectivity index (χ2n) is 4.70. The molecule has 1 aliphatic rings. The summed E-state index contributed by atoms with van der Waals surface area (Å²) in [5, 5.41) is 12.5. The lowest BCUT2D eigenvalue weighted by Crippen LogP contribution is -2.39. The number of benzene rings is 1. The van der Waals surface area contributed by atoms with Gasteiger partial charge in [0, 0.05) is 13.1 Å². The summed E-state index contributed by atoms with van der Waals surface area (Å²) in [5.41, 5.74) is 1.15. The van der Waals surface area contributed by atoms with Gasteiger partial charge >= 0.3 is 0 Å². The first-order valence-electron chi connectivity index (χ1n) is 6.37. The minimum Gasteiger partial charge on any atom is -0.373 e. The number of amides is 1. The molecule has 19 heavy (non-hydrogen) atoms. The average molecular weight is 278 g/mol. The molecule has 1 amide bonds. The number of hydrogen-bond donors (Lipinski definition) is 1. The Hall–Kier alpha value is -1.73. The number of anilines is 1. The first-order valence-corrected chi connectivity index (χ1v) is 6.74. The number of carbonyl (C=O) groups is 1. The van der Waals surface area contributed by atoms with Gasteiger partial charge in [0.05, 0.1) is 22.3 Å². The summed E-state index contributed by atoms with van der Waals surface area (Å²) in [6.07, 6.45) is 2.15. The van der Waals surface area contributed by atoms with Crippen molar-refractivity contribution in [3.05, 3.63) is 28.8 Å². The van der Waals surface area contributed by atoms with Crippen LogP contribution in [0.25, 0.3) is 0 Å². The van der Waals surface area contributed by atoms with Gasteiger partial charge in [0.15, 0.2) is 0 Å². The van der Waals surface area contributed by atoms with E-state index in [1.165, 1.54) is 0 Å². The maximum Gasteiger partial charge on any atom is 0.244 e. The van der Waals surface area contributed by atoms with Gasteiger partial charge in [-0.25, -0.2) is 0 Å². The lowest BCUT2D eigenvalue weighted by atomic mass is 10.2. The van der Waals surface area contributed by atoms with E-state index in [0.29, 0.717) is 16.3 Å². The molecule has 4 nitrogen and oxygen atoms in total. The second-order valence-corrected chi connectivity index (χ2v) is 5.11. The highest BCUT2D eigenvalue weighted by Crippen LogP contribution is 2.24. The van der Waals surface area contributed by atoms with Crippen LogP contribution in [0.2, 0.25) is 5.02 Å². The third-order valence-corrected chi connectivity index (χ3v) is 3.59. The van der Waals surface area contributed by atoms with Crippen LogP contribution >= 0.6 is 11.6 Å². The Balaban J connectivity index is 2.07. The van der Waals surface area contributed by atoms with Crippen LogP contribution in [0.15, 0.2) is 18.2 Å². The molecular formula is C14H16ClN3O. The van der Waals surface area contributed by atoms with E-state index in [9.17, 15) is 4.79 Å². The van der Waals surface area contributed by atoms with Crippen LogP contribution in [0.1, 0.15) is 25.3 Å². The molecule has 1 aromatic rings. The molecule has 1 N–H and O–H groups in total. The van der Waals surface area contributed by atoms with Crippen LogP contribution in [-0.4, -0.2) is 29.9 Å². The minimum absolute atomic E-state index is 0.0796. The van der Waals surface area contributed by atoms with E-state index in [1.54, 1.807) is 18.2 Å². The van der Waals surface area contributed by atoms with Gasteiger partial charge < -0.3 is 10.2 Å². The molecule has 1 atom stereocenters. The standard InChI is InChI=1S/C14H16ClN3O/c1-10(14(19)18-6-2-3-7-18)17-13-8-11(9-16)4-5-12(13)15/h4-5,8,10,17H,2-3,6-7H2,1H3. The predicted octanol–water partition coefficient (Wildman–Crippen LogP) is 2.63. The van der Waals surface area contributed by atoms with Crippen molar-refractivity contribution in [1.29, 1.82) is 5.26 Å². The molecule has 0 saturated carbocycles. The van der Waals surface area contributed by atoms with Gasteiger partial charge in [0.2, 0.25) is 5.91 Å². The summed E-state index contributed by atoms with van der Waals surface area (Å²) in [6.45, 7) is 3.48. The van der Waals surface area contributed by atoms with Crippen molar-refractivity contribution in [2.45, 2.75) is 25.8 Å². The van der Waals surface area contributed by atoms with E-state index < -0.39 is 0 Å². The lowest BCUT2D eigenvalue weighted by Gasteiger charge is -2.22. The van der Waals surface area contributed by atoms with Crippen LogP contribution in [0.4, 0.5) is 5.69 Å². The van der Waals surface area contributed by atoms with Crippen molar-refractivity contribution < 1.29 is 4.79 Å². The Morgan fingerprint density at radius 3 is 2.79 bits per heavy atom. The van der Waals surface area contributed by atoms with Crippen molar-refractivity contribution in [2.24, 2.45) is 0 Å². The van der Waals surface area contributed by atoms with E-state index in [1.807, 2.05) is 11.8 Å². The normalized spacial score (nSPS) is 15.9. The van der Waals surface area contributed by atoms with Crippen LogP contribution in [-0.2, 0) is 4.79 Å². The number of rotatable bonds is 3. The topological polar surface area (TPSA) is 56.1 Å². The molecule has 1 fully saturated rings. The second kappa shape index (κ2) is 5.94. The summed E-state index contributed by atoms with van der Waals surface area (Å²) in [5.74, 6) is 0.0796. The molecule has 1 aromatic carbocycles. The van der Waals surface area contributed by atoms with Crippen LogP contribution < -0.4 is 5.32 Å². The smallest absolute Gasteiger partial charge is 0.244 e. The Labute approximate surface area is 118 Å². The highest BCUT2D eigenvalue weighted by molar-refractivity contribution is 6.33. The molecule has 1 unspecified atom stereocenters. The van der Waals surface area contributed by atoms with Gasteiger partial charge in [0.1, 0.15) is 6.04 Å². The molecule has 1 saturated heterocycles. The fourth-order valence-electron chi connectivity index (χ4n) is 2.21. The minimum atomic E-state index is -0.343. The molecule has 0 bridgehead atoms. The predicted molar refractivity (Wildman–Crippen MR) is 75.1 cm³/mol. The van der Waals surface area contributed by atoms with E-state index in [2.05, 4.69) is 11.4 Å². The molecule has 0 radical (unpaired) electrons. The molecule has 0 aliphatic carbocycles. The number of carbonyl (C=O) groups excluding carboxylic acids is 1. The van der Waals surface area contributed by atoms with E-state index in [0.717, 1.165) is 25.9 Å². The molecule has 2 rings (SSSR count). The maximum absolute atomic E-state index is 12.2. The number of nitrogens with one attached hydrogen (secondary N) is 1. The maximum atomic E-state index is 12.2. The molecule has 5 heteroatoms. The number of hydrogen-bond acceptors (Lipinski definition) is 3. The highest BCUT2D eigenvalue weighted by Gasteiger charge is 2.23. The molecule has 100 valence electrons. The van der Waals surface area contributed by atoms with Crippen molar-refractivity contribution in [1.82, 2.24) is 4.90 Å². The van der Waals surface area contributed by atoms with Gasteiger partial charge in [-0.15, -0.1) is 0 Å². The third kappa shape index (κ3) is 3.18. The summed E-state index contributed by atoms with van der Waals surface area (Å²) < 4.78 is 0. The fraction of sp³-hybridized carbons (Fsp3) is 0.429. The zero-order chi connectivity index (χ0) is 13.8. The number of likely N-dealkylation sites (tertiary alicyclic amines) is 1. The van der Waals surface area contributed by atoms with Gasteiger partial charge in [-0.1, -0.05) is 11.6 Å². The van der Waals surface area contributed by atoms with Gasteiger partial charge in [-0.05, 0) is 38.0 Å². The Morgan fingerprint density at radius 1 is 1.47 bits per heavy atom. The van der Waals surface area contributed by atoms with E-state index >= 15 is 0 Å². The van der Waals surface area contributed by atoms with Crippen molar-refractivity contribution in [3.8, 4) is 6.07 Å². The summed E-state index contributed by atoms with van der Waals surface area (Å²) in [7, 11) is 0. The first kappa shape index (κ1) is 13.7. The zero-order valence-electron chi connectivity index (χ0n) is 10.8. The van der Waals surface area contributed by atoms with Gasteiger partial charge in [-0.3, -0.25) is 4.79 Å². The summed E-state index contributed by atoms with van der Waals surface area (Å²) in [6, 6.07) is 6.69. The SMILES string of the molecule is CC(Nc1cc(C#N)ccc1Cl)C(=O)N1CCCC1. The number of nitrogens with zero attached hydrogens (tertiary/aromatic N) is 2. The van der Waals surface area contributed by atoms with Crippen LogP contribution in [0.5, 0.6) is 0 Å². The molecule has 0 aromatic heterocycles. The number of halogens is 1. The van der Waals surface area contributed by atoms with Gasteiger partial charge in [-0.2, -0.15) is 5.26 Å².